The average Bonchev–Trinajstić information content (AvgIpc) is 2.63. The Morgan fingerprint density at radius 1 is 0.815 bits per heavy atom. The number of benzene rings is 2. The largest absolute Gasteiger partial charge is 0.439 e. The third kappa shape index (κ3) is 4.56. The molecule has 0 saturated carbocycles. The monoisotopic (exact) mass is 395 g/mol. The Bertz CT molecular complexity index is 1020. The van der Waals surface area contributed by atoms with Crippen molar-refractivity contribution in [2.45, 2.75) is 11.1 Å². The van der Waals surface area contributed by atoms with Crippen LogP contribution in [0.1, 0.15) is 5.56 Å². The summed E-state index contributed by atoms with van der Waals surface area (Å²) in [5.74, 6) is 0.535. The lowest BCUT2D eigenvalue weighted by Crippen LogP contribution is -2.17. The summed E-state index contributed by atoms with van der Waals surface area (Å²) in [5.41, 5.74) is -1.29. The Morgan fingerprint density at radius 2 is 1.44 bits per heavy atom. The van der Waals surface area contributed by atoms with E-state index >= 15 is 0 Å². The van der Waals surface area contributed by atoms with Crippen LogP contribution in [0.5, 0.6) is 17.4 Å². The molecule has 3 rings (SSSR count). The molecular formula is C18H12F3NO4S. The predicted molar refractivity (Wildman–Crippen MR) is 90.0 cm³/mol. The number of pyridine rings is 1. The zero-order valence-corrected chi connectivity index (χ0v) is 14.4. The molecule has 1 heterocycles. The van der Waals surface area contributed by atoms with Crippen LogP contribution in [0.15, 0.2) is 77.8 Å². The van der Waals surface area contributed by atoms with Crippen molar-refractivity contribution in [3.05, 3.63) is 78.5 Å². The van der Waals surface area contributed by atoms with E-state index in [-0.39, 0.29) is 5.75 Å². The SMILES string of the molecule is O=S(=O)(Oc1ccc(Oc2ccccn2)cc1)c1ccccc1C(F)(F)F. The molecule has 0 atom stereocenters. The fourth-order valence-electron chi connectivity index (χ4n) is 2.18. The first kappa shape index (κ1) is 18.7. The molecular weight excluding hydrogens is 383 g/mol. The quantitative estimate of drug-likeness (QED) is 0.588. The molecule has 0 aliphatic heterocycles. The molecule has 9 heteroatoms. The van der Waals surface area contributed by atoms with Gasteiger partial charge < -0.3 is 8.92 Å². The lowest BCUT2D eigenvalue weighted by Gasteiger charge is -2.13. The summed E-state index contributed by atoms with van der Waals surface area (Å²) in [4.78, 5) is 3.02. The minimum atomic E-state index is -4.83. The molecule has 0 bridgehead atoms. The first-order valence-electron chi connectivity index (χ1n) is 7.55. The number of rotatable bonds is 5. The molecule has 140 valence electrons. The van der Waals surface area contributed by atoms with Crippen LogP contribution in [0.2, 0.25) is 0 Å². The van der Waals surface area contributed by atoms with Crippen molar-refractivity contribution in [3.8, 4) is 17.4 Å². The van der Waals surface area contributed by atoms with Gasteiger partial charge in [0.25, 0.3) is 0 Å². The summed E-state index contributed by atoms with van der Waals surface area (Å²) >= 11 is 0. The van der Waals surface area contributed by atoms with Gasteiger partial charge in [0, 0.05) is 12.3 Å². The van der Waals surface area contributed by atoms with Gasteiger partial charge in [0.2, 0.25) is 5.88 Å². The highest BCUT2D eigenvalue weighted by Gasteiger charge is 2.37. The Morgan fingerprint density at radius 3 is 2.07 bits per heavy atom. The highest BCUT2D eigenvalue weighted by Crippen LogP contribution is 2.35. The maximum absolute atomic E-state index is 13.0. The molecule has 0 radical (unpaired) electrons. The minimum Gasteiger partial charge on any atom is -0.439 e. The van der Waals surface area contributed by atoms with E-state index in [4.69, 9.17) is 8.92 Å². The first-order chi connectivity index (χ1) is 12.8. The zero-order chi connectivity index (χ0) is 19.5. The molecule has 5 nitrogen and oxygen atoms in total. The Labute approximate surface area is 153 Å². The fourth-order valence-corrected chi connectivity index (χ4v) is 3.33. The zero-order valence-electron chi connectivity index (χ0n) is 13.6. The van der Waals surface area contributed by atoms with E-state index in [1.807, 2.05) is 0 Å². The van der Waals surface area contributed by atoms with Gasteiger partial charge in [-0.1, -0.05) is 18.2 Å². The van der Waals surface area contributed by atoms with Gasteiger partial charge in [-0.05, 0) is 42.5 Å². The van der Waals surface area contributed by atoms with Crippen LogP contribution >= 0.6 is 0 Å². The normalized spacial score (nSPS) is 11.8. The Hall–Kier alpha value is -3.07. The van der Waals surface area contributed by atoms with Gasteiger partial charge in [-0.25, -0.2) is 4.98 Å². The second-order valence-electron chi connectivity index (χ2n) is 5.27. The summed E-state index contributed by atoms with van der Waals surface area (Å²) in [6, 6.07) is 14.3. The fraction of sp³-hybridized carbons (Fsp3) is 0.0556. The third-order valence-electron chi connectivity index (χ3n) is 3.35. The number of ether oxygens (including phenoxy) is 1. The van der Waals surface area contributed by atoms with E-state index in [2.05, 4.69) is 4.98 Å². The van der Waals surface area contributed by atoms with Crippen LogP contribution in [-0.2, 0) is 16.3 Å². The van der Waals surface area contributed by atoms with Crippen LogP contribution in [0, 0.1) is 0 Å². The molecule has 0 fully saturated rings. The van der Waals surface area contributed by atoms with E-state index in [9.17, 15) is 21.6 Å². The highest BCUT2D eigenvalue weighted by atomic mass is 32.2. The van der Waals surface area contributed by atoms with Crippen molar-refractivity contribution in [1.82, 2.24) is 4.98 Å². The number of hydrogen-bond acceptors (Lipinski definition) is 5. The van der Waals surface area contributed by atoms with Gasteiger partial charge >= 0.3 is 16.3 Å². The maximum atomic E-state index is 13.0. The number of nitrogens with zero attached hydrogens (tertiary/aromatic N) is 1. The summed E-state index contributed by atoms with van der Waals surface area (Å²) in [7, 11) is -4.67. The molecule has 27 heavy (non-hydrogen) atoms. The van der Waals surface area contributed by atoms with E-state index in [0.29, 0.717) is 17.7 Å². The second-order valence-corrected chi connectivity index (χ2v) is 6.79. The topological polar surface area (TPSA) is 65.5 Å². The number of alkyl halides is 3. The van der Waals surface area contributed by atoms with Gasteiger partial charge in [0.05, 0.1) is 5.56 Å². The highest BCUT2D eigenvalue weighted by molar-refractivity contribution is 7.87. The van der Waals surface area contributed by atoms with Crippen LogP contribution < -0.4 is 8.92 Å². The van der Waals surface area contributed by atoms with Crippen LogP contribution in [0.4, 0.5) is 13.2 Å². The summed E-state index contributed by atoms with van der Waals surface area (Å²) in [6.07, 6.45) is -3.29. The smallest absolute Gasteiger partial charge is 0.417 e. The van der Waals surface area contributed by atoms with E-state index in [1.54, 1.807) is 18.2 Å². The number of halogens is 3. The first-order valence-corrected chi connectivity index (χ1v) is 8.96. The van der Waals surface area contributed by atoms with Crippen LogP contribution in [0.3, 0.4) is 0 Å². The van der Waals surface area contributed by atoms with Gasteiger partial charge in [-0.2, -0.15) is 21.6 Å². The molecule has 0 N–H and O–H groups in total. The van der Waals surface area contributed by atoms with E-state index in [0.717, 1.165) is 12.1 Å². The lowest BCUT2D eigenvalue weighted by atomic mass is 10.2. The Kier molecular flexibility index (Phi) is 5.04. The van der Waals surface area contributed by atoms with Crippen LogP contribution in [-0.4, -0.2) is 13.4 Å². The van der Waals surface area contributed by atoms with Gasteiger partial charge in [-0.15, -0.1) is 0 Å². The number of hydrogen-bond donors (Lipinski definition) is 0. The molecule has 2 aromatic carbocycles. The third-order valence-corrected chi connectivity index (χ3v) is 4.66. The van der Waals surface area contributed by atoms with Gasteiger partial charge in [0.1, 0.15) is 16.4 Å². The van der Waals surface area contributed by atoms with Crippen molar-refractivity contribution in [2.75, 3.05) is 0 Å². The Balaban J connectivity index is 1.81. The predicted octanol–water partition coefficient (Wildman–Crippen LogP) is 4.66. The summed E-state index contributed by atoms with van der Waals surface area (Å²) in [5, 5.41) is 0. The molecule has 0 spiro atoms. The lowest BCUT2D eigenvalue weighted by molar-refractivity contribution is -0.139. The molecule has 0 amide bonds. The average molecular weight is 395 g/mol. The second kappa shape index (κ2) is 7.28. The van der Waals surface area contributed by atoms with Gasteiger partial charge in [0.15, 0.2) is 0 Å². The standard InChI is InChI=1S/C18H12F3NO4S/c19-18(20,21)15-5-1-2-6-16(15)27(23,24)26-14-10-8-13(9-11-14)25-17-7-3-4-12-22-17/h1-12H. The van der Waals surface area contributed by atoms with E-state index in [1.165, 1.54) is 36.5 Å². The van der Waals surface area contributed by atoms with Crippen molar-refractivity contribution < 1.29 is 30.5 Å². The summed E-state index contributed by atoms with van der Waals surface area (Å²) < 4.78 is 73.9. The van der Waals surface area contributed by atoms with Gasteiger partial charge in [-0.3, -0.25) is 0 Å². The number of aromatic nitrogens is 1. The molecule has 0 aliphatic rings. The van der Waals surface area contributed by atoms with Crippen molar-refractivity contribution >= 4 is 10.1 Å². The molecule has 3 aromatic rings. The molecule has 0 unspecified atom stereocenters. The van der Waals surface area contributed by atoms with E-state index < -0.39 is 26.8 Å². The minimum absolute atomic E-state index is 0.152. The van der Waals surface area contributed by atoms with Crippen molar-refractivity contribution in [3.63, 3.8) is 0 Å². The van der Waals surface area contributed by atoms with Crippen molar-refractivity contribution in [1.29, 1.82) is 0 Å². The van der Waals surface area contributed by atoms with Crippen molar-refractivity contribution in [2.24, 2.45) is 0 Å². The van der Waals surface area contributed by atoms with Crippen LogP contribution in [0.25, 0.3) is 0 Å². The summed E-state index contributed by atoms with van der Waals surface area (Å²) in [6.45, 7) is 0. The maximum Gasteiger partial charge on any atom is 0.417 e. The molecule has 0 saturated heterocycles. The molecule has 0 aliphatic carbocycles. The molecule has 1 aromatic heterocycles.